The zero-order valence-corrected chi connectivity index (χ0v) is 21.3. The molecule has 0 saturated carbocycles. The van der Waals surface area contributed by atoms with E-state index in [1.807, 2.05) is 25.1 Å². The fraction of sp³-hybridized carbons (Fsp3) is 0.0800. The van der Waals surface area contributed by atoms with E-state index in [2.05, 4.69) is 26.7 Å². The van der Waals surface area contributed by atoms with Gasteiger partial charge in [0.1, 0.15) is 12.0 Å². The quantitative estimate of drug-likeness (QED) is 0.227. The van der Waals surface area contributed by atoms with E-state index in [0.29, 0.717) is 54.4 Å². The Hall–Kier alpha value is -3.21. The third-order valence-corrected chi connectivity index (χ3v) is 6.62. The Morgan fingerprint density at radius 2 is 1.54 bits per heavy atom. The van der Waals surface area contributed by atoms with Crippen LogP contribution in [0.3, 0.4) is 0 Å². The van der Waals surface area contributed by atoms with E-state index in [0.717, 1.165) is 11.1 Å². The molecule has 0 bridgehead atoms. The summed E-state index contributed by atoms with van der Waals surface area (Å²) >= 11 is 24.7. The van der Waals surface area contributed by atoms with Gasteiger partial charge in [-0.2, -0.15) is 5.26 Å². The highest BCUT2D eigenvalue weighted by Gasteiger charge is 2.19. The Labute approximate surface area is 222 Å². The van der Waals surface area contributed by atoms with Crippen LogP contribution in [0.5, 0.6) is 0 Å². The molecule has 0 aliphatic heterocycles. The fourth-order valence-electron chi connectivity index (χ4n) is 3.47. The molecular formula is C25H18Cl4N6. The van der Waals surface area contributed by atoms with Gasteiger partial charge in [0.15, 0.2) is 11.6 Å². The van der Waals surface area contributed by atoms with Crippen molar-refractivity contribution in [2.75, 3.05) is 16.4 Å². The SMILES string of the molecule is Cc1cc(C(C#N)c2ccc(Cl)cc2)c(Cl)cc1Nc1ncnc(Nc2ccc(Cl)c(Cl)c2)c1N. The Morgan fingerprint density at radius 3 is 2.20 bits per heavy atom. The van der Waals surface area contributed by atoms with Gasteiger partial charge in [0.25, 0.3) is 0 Å². The molecule has 0 amide bonds. The van der Waals surface area contributed by atoms with E-state index in [4.69, 9.17) is 52.1 Å². The lowest BCUT2D eigenvalue weighted by molar-refractivity contribution is 1.03. The van der Waals surface area contributed by atoms with E-state index in [1.54, 1.807) is 36.4 Å². The summed E-state index contributed by atoms with van der Waals surface area (Å²) in [5, 5.41) is 18.0. The molecule has 35 heavy (non-hydrogen) atoms. The average Bonchev–Trinajstić information content (AvgIpc) is 2.83. The summed E-state index contributed by atoms with van der Waals surface area (Å²) < 4.78 is 0. The number of hydrogen-bond donors (Lipinski definition) is 3. The van der Waals surface area contributed by atoms with Crippen molar-refractivity contribution in [1.82, 2.24) is 9.97 Å². The number of nitriles is 1. The van der Waals surface area contributed by atoms with Gasteiger partial charge in [-0.25, -0.2) is 9.97 Å². The molecule has 3 aromatic carbocycles. The highest BCUT2D eigenvalue weighted by Crippen LogP contribution is 2.36. The molecule has 0 aliphatic carbocycles. The minimum Gasteiger partial charge on any atom is -0.393 e. The van der Waals surface area contributed by atoms with Crippen molar-refractivity contribution in [3.8, 4) is 6.07 Å². The topological polar surface area (TPSA) is 99.6 Å². The van der Waals surface area contributed by atoms with Crippen LogP contribution in [0.15, 0.2) is 60.9 Å². The lowest BCUT2D eigenvalue weighted by atomic mass is 9.91. The van der Waals surface area contributed by atoms with Crippen LogP contribution in [0.2, 0.25) is 20.1 Å². The second-order valence-electron chi connectivity index (χ2n) is 7.67. The standard InChI is InChI=1S/C25H18Cl4N6/c1-13-8-17(18(11-30)14-2-4-15(26)5-3-14)20(28)10-22(13)35-25-23(31)24(32-12-33-25)34-16-6-7-19(27)21(29)9-16/h2-10,12,18H,31H2,1H3,(H2,32,33,34,35). The van der Waals surface area contributed by atoms with E-state index in [1.165, 1.54) is 6.33 Å². The molecule has 0 aliphatic rings. The Kier molecular flexibility index (Phi) is 7.54. The summed E-state index contributed by atoms with van der Waals surface area (Å²) in [7, 11) is 0. The second kappa shape index (κ2) is 10.6. The lowest BCUT2D eigenvalue weighted by Crippen LogP contribution is -2.06. The van der Waals surface area contributed by atoms with E-state index in [9.17, 15) is 5.26 Å². The van der Waals surface area contributed by atoms with E-state index < -0.39 is 5.92 Å². The molecule has 0 fully saturated rings. The molecule has 4 N–H and O–H groups in total. The Bertz CT molecular complexity index is 1430. The number of nitrogen functional groups attached to an aromatic ring is 1. The molecule has 1 aromatic heterocycles. The number of nitrogens with one attached hydrogen (secondary N) is 2. The average molecular weight is 544 g/mol. The van der Waals surface area contributed by atoms with Gasteiger partial charge in [0.05, 0.1) is 22.0 Å². The second-order valence-corrected chi connectivity index (χ2v) is 9.32. The Morgan fingerprint density at radius 1 is 0.857 bits per heavy atom. The predicted molar refractivity (Wildman–Crippen MR) is 145 cm³/mol. The first-order chi connectivity index (χ1) is 16.8. The monoisotopic (exact) mass is 542 g/mol. The first kappa shape index (κ1) is 24.9. The molecular weight excluding hydrogens is 526 g/mol. The van der Waals surface area contributed by atoms with Crippen molar-refractivity contribution in [2.24, 2.45) is 0 Å². The molecule has 6 nitrogen and oxygen atoms in total. The number of anilines is 5. The van der Waals surface area contributed by atoms with Crippen LogP contribution in [-0.4, -0.2) is 9.97 Å². The Balaban J connectivity index is 1.61. The summed E-state index contributed by atoms with van der Waals surface area (Å²) in [5.41, 5.74) is 10.3. The zero-order valence-electron chi connectivity index (χ0n) is 18.3. The summed E-state index contributed by atoms with van der Waals surface area (Å²) in [6.07, 6.45) is 1.39. The summed E-state index contributed by atoms with van der Waals surface area (Å²) in [4.78, 5) is 8.49. The highest BCUT2D eigenvalue weighted by molar-refractivity contribution is 6.42. The predicted octanol–water partition coefficient (Wildman–Crippen LogP) is 8.12. The minimum atomic E-state index is -0.543. The van der Waals surface area contributed by atoms with Crippen molar-refractivity contribution in [3.63, 3.8) is 0 Å². The van der Waals surface area contributed by atoms with Crippen molar-refractivity contribution in [1.29, 1.82) is 5.26 Å². The van der Waals surface area contributed by atoms with Crippen LogP contribution in [0, 0.1) is 18.3 Å². The van der Waals surface area contributed by atoms with Crippen LogP contribution in [0.25, 0.3) is 0 Å². The van der Waals surface area contributed by atoms with Gasteiger partial charge in [-0.05, 0) is 60.0 Å². The smallest absolute Gasteiger partial charge is 0.159 e. The van der Waals surface area contributed by atoms with Crippen molar-refractivity contribution in [2.45, 2.75) is 12.8 Å². The van der Waals surface area contributed by atoms with Crippen molar-refractivity contribution >= 4 is 75.1 Å². The number of benzene rings is 3. The largest absolute Gasteiger partial charge is 0.393 e. The van der Waals surface area contributed by atoms with Gasteiger partial charge < -0.3 is 16.4 Å². The summed E-state index contributed by atoms with van der Waals surface area (Å²) in [6.45, 7) is 1.91. The maximum absolute atomic E-state index is 9.83. The van der Waals surface area contributed by atoms with Crippen molar-refractivity contribution in [3.05, 3.63) is 97.7 Å². The lowest BCUT2D eigenvalue weighted by Gasteiger charge is -2.17. The van der Waals surface area contributed by atoms with Gasteiger partial charge in [-0.15, -0.1) is 0 Å². The van der Waals surface area contributed by atoms with Crippen LogP contribution in [-0.2, 0) is 0 Å². The van der Waals surface area contributed by atoms with Gasteiger partial charge in [0, 0.05) is 21.4 Å². The number of nitrogens with two attached hydrogens (primary N) is 1. The van der Waals surface area contributed by atoms with Crippen LogP contribution < -0.4 is 16.4 Å². The summed E-state index contributed by atoms with van der Waals surface area (Å²) in [5.74, 6) is 0.246. The molecule has 4 rings (SSSR count). The van der Waals surface area contributed by atoms with E-state index >= 15 is 0 Å². The maximum Gasteiger partial charge on any atom is 0.159 e. The number of aryl methyl sites for hydroxylation is 1. The molecule has 4 aromatic rings. The highest BCUT2D eigenvalue weighted by atomic mass is 35.5. The maximum atomic E-state index is 9.83. The van der Waals surface area contributed by atoms with Gasteiger partial charge >= 0.3 is 0 Å². The van der Waals surface area contributed by atoms with Crippen LogP contribution >= 0.6 is 46.4 Å². The molecule has 0 spiro atoms. The molecule has 1 unspecified atom stereocenters. The number of aromatic nitrogens is 2. The van der Waals surface area contributed by atoms with Gasteiger partial charge in [-0.3, -0.25) is 0 Å². The van der Waals surface area contributed by atoms with Crippen LogP contribution in [0.1, 0.15) is 22.6 Å². The molecule has 176 valence electrons. The fourth-order valence-corrected chi connectivity index (χ4v) is 4.17. The van der Waals surface area contributed by atoms with Gasteiger partial charge in [-0.1, -0.05) is 64.6 Å². The molecule has 1 atom stereocenters. The van der Waals surface area contributed by atoms with Crippen LogP contribution in [0.4, 0.5) is 28.7 Å². The molecule has 0 saturated heterocycles. The number of nitrogens with zero attached hydrogens (tertiary/aromatic N) is 3. The molecule has 10 heteroatoms. The van der Waals surface area contributed by atoms with E-state index in [-0.39, 0.29) is 0 Å². The normalized spacial score (nSPS) is 11.5. The molecule has 1 heterocycles. The minimum absolute atomic E-state index is 0.300. The van der Waals surface area contributed by atoms with Crippen molar-refractivity contribution < 1.29 is 0 Å². The first-order valence-electron chi connectivity index (χ1n) is 10.3. The first-order valence-corrected chi connectivity index (χ1v) is 11.8. The number of halogens is 4. The third-order valence-electron chi connectivity index (χ3n) is 5.31. The number of hydrogen-bond acceptors (Lipinski definition) is 6. The van der Waals surface area contributed by atoms with Gasteiger partial charge in [0.2, 0.25) is 0 Å². The zero-order chi connectivity index (χ0) is 25.1. The third kappa shape index (κ3) is 5.55. The number of rotatable bonds is 6. The summed E-state index contributed by atoms with van der Waals surface area (Å²) in [6, 6.07) is 18.2. The molecule has 0 radical (unpaired) electrons.